The van der Waals surface area contributed by atoms with Crippen LogP contribution >= 0.6 is 11.6 Å². The van der Waals surface area contributed by atoms with Gasteiger partial charge in [-0.25, -0.2) is 4.98 Å². The zero-order valence-corrected chi connectivity index (χ0v) is 17.9. The van der Waals surface area contributed by atoms with Crippen molar-refractivity contribution in [2.45, 2.75) is 32.9 Å². The third-order valence-corrected chi connectivity index (χ3v) is 5.68. The smallest absolute Gasteiger partial charge is 0.295 e. The summed E-state index contributed by atoms with van der Waals surface area (Å²) in [4.78, 5) is 31.5. The van der Waals surface area contributed by atoms with Crippen molar-refractivity contribution in [3.63, 3.8) is 0 Å². The summed E-state index contributed by atoms with van der Waals surface area (Å²) in [7, 11) is 0. The van der Waals surface area contributed by atoms with Crippen LogP contribution in [0, 0.1) is 13.8 Å². The molecule has 4 rings (SSSR count). The number of benzene rings is 1. The number of aliphatic hydroxyl groups excluding tert-OH is 1. The normalized spacial score (nSPS) is 18.2. The highest BCUT2D eigenvalue weighted by molar-refractivity contribution is 6.46. The van der Waals surface area contributed by atoms with Gasteiger partial charge >= 0.3 is 0 Å². The lowest BCUT2D eigenvalue weighted by atomic mass is 9.94. The maximum Gasteiger partial charge on any atom is 0.295 e. The third-order valence-electron chi connectivity index (χ3n) is 5.44. The highest BCUT2D eigenvalue weighted by Crippen LogP contribution is 2.40. The number of carbonyl (C=O) groups excluding carboxylic acids is 2. The average Bonchev–Trinajstić information content (AvgIpc) is 3.43. The SMILES string of the molecule is Cc1n[nH]c(C)c1/C(O)=C1\C(=O)C(=O)N(CCCn2ccnc2)[C@@H]1c1cccc(Cl)c1. The van der Waals surface area contributed by atoms with Gasteiger partial charge in [0.1, 0.15) is 5.76 Å². The molecule has 1 saturated heterocycles. The molecule has 3 heterocycles. The Morgan fingerprint density at radius 3 is 2.71 bits per heavy atom. The van der Waals surface area contributed by atoms with Crippen LogP contribution in [0.2, 0.25) is 5.02 Å². The van der Waals surface area contributed by atoms with E-state index in [-0.39, 0.29) is 11.3 Å². The zero-order chi connectivity index (χ0) is 22.1. The standard InChI is InChI=1S/C22H22ClN5O3/c1-13-17(14(2)26-25-13)20(29)18-19(15-5-3-6-16(23)11-15)28(22(31)21(18)30)9-4-8-27-10-7-24-12-27/h3,5-7,10-12,19,29H,4,8-9H2,1-2H3,(H,25,26)/b20-18+/t19-/m1/s1. The molecule has 9 heteroatoms. The number of rotatable bonds is 6. The average molecular weight is 440 g/mol. The summed E-state index contributed by atoms with van der Waals surface area (Å²) in [6, 6.07) is 6.25. The lowest BCUT2D eigenvalue weighted by molar-refractivity contribution is -0.139. The number of aromatic nitrogens is 4. The topological polar surface area (TPSA) is 104 Å². The Balaban J connectivity index is 1.77. The fourth-order valence-electron chi connectivity index (χ4n) is 4.01. The number of carbonyl (C=O) groups is 2. The first kappa shape index (κ1) is 20.9. The summed E-state index contributed by atoms with van der Waals surface area (Å²) >= 11 is 6.20. The van der Waals surface area contributed by atoms with Crippen LogP contribution in [0.1, 0.15) is 35.0 Å². The molecule has 2 aromatic heterocycles. The van der Waals surface area contributed by atoms with Crippen molar-refractivity contribution in [3.8, 4) is 0 Å². The highest BCUT2D eigenvalue weighted by Gasteiger charge is 2.46. The van der Waals surface area contributed by atoms with Crippen LogP contribution < -0.4 is 0 Å². The van der Waals surface area contributed by atoms with Gasteiger partial charge in [0.25, 0.3) is 11.7 Å². The van der Waals surface area contributed by atoms with Crippen LogP contribution in [0.15, 0.2) is 48.6 Å². The second kappa shape index (κ2) is 8.39. The number of aliphatic hydroxyl groups is 1. The Bertz CT molecular complexity index is 1150. The molecule has 2 N–H and O–H groups in total. The number of halogens is 1. The molecular weight excluding hydrogens is 418 g/mol. The summed E-state index contributed by atoms with van der Waals surface area (Å²) in [5, 5.41) is 18.5. The molecule has 3 aromatic rings. The molecular formula is C22H22ClN5O3. The fourth-order valence-corrected chi connectivity index (χ4v) is 4.21. The molecule has 1 aromatic carbocycles. The number of aryl methyl sites for hydroxylation is 3. The maximum atomic E-state index is 13.0. The Labute approximate surface area is 184 Å². The monoisotopic (exact) mass is 439 g/mol. The number of hydrogen-bond acceptors (Lipinski definition) is 5. The van der Waals surface area contributed by atoms with Crippen LogP contribution in [-0.2, 0) is 16.1 Å². The van der Waals surface area contributed by atoms with E-state index >= 15 is 0 Å². The van der Waals surface area contributed by atoms with Crippen molar-refractivity contribution in [1.29, 1.82) is 0 Å². The molecule has 0 saturated carbocycles. The van der Waals surface area contributed by atoms with Gasteiger partial charge in [0.2, 0.25) is 0 Å². The Morgan fingerprint density at radius 1 is 1.26 bits per heavy atom. The van der Waals surface area contributed by atoms with Crippen molar-refractivity contribution < 1.29 is 14.7 Å². The van der Waals surface area contributed by atoms with Crippen LogP contribution in [0.5, 0.6) is 0 Å². The number of ketones is 1. The van der Waals surface area contributed by atoms with Crippen molar-refractivity contribution in [1.82, 2.24) is 24.6 Å². The number of imidazole rings is 1. The number of nitrogens with one attached hydrogen (secondary N) is 1. The van der Waals surface area contributed by atoms with E-state index in [1.165, 1.54) is 4.90 Å². The molecule has 0 radical (unpaired) electrons. The first-order valence-electron chi connectivity index (χ1n) is 9.90. The van der Waals surface area contributed by atoms with E-state index in [9.17, 15) is 14.7 Å². The Morgan fingerprint density at radius 2 is 2.06 bits per heavy atom. The van der Waals surface area contributed by atoms with Gasteiger partial charge < -0.3 is 14.6 Å². The summed E-state index contributed by atoms with van der Waals surface area (Å²) < 4.78 is 1.91. The molecule has 0 spiro atoms. The van der Waals surface area contributed by atoms with Gasteiger partial charge in [-0.05, 0) is 38.0 Å². The number of nitrogens with zero attached hydrogens (tertiary/aromatic N) is 4. The first-order chi connectivity index (χ1) is 14.9. The van der Waals surface area contributed by atoms with Crippen molar-refractivity contribution in [3.05, 3.63) is 76.1 Å². The predicted molar refractivity (Wildman–Crippen MR) is 115 cm³/mol. The van der Waals surface area contributed by atoms with Crippen LogP contribution in [0.4, 0.5) is 0 Å². The van der Waals surface area contributed by atoms with Gasteiger partial charge in [0, 0.05) is 36.2 Å². The lowest BCUT2D eigenvalue weighted by Crippen LogP contribution is -2.31. The van der Waals surface area contributed by atoms with Gasteiger partial charge in [0.05, 0.1) is 29.2 Å². The minimum atomic E-state index is -0.741. The molecule has 1 aliphatic heterocycles. The first-order valence-corrected chi connectivity index (χ1v) is 10.3. The number of hydrogen-bond donors (Lipinski definition) is 2. The fraction of sp³-hybridized carbons (Fsp3) is 0.273. The Hall–Kier alpha value is -3.39. The molecule has 31 heavy (non-hydrogen) atoms. The molecule has 1 aliphatic rings. The zero-order valence-electron chi connectivity index (χ0n) is 17.2. The van der Waals surface area contributed by atoms with Crippen molar-refractivity contribution in [2.24, 2.45) is 0 Å². The minimum Gasteiger partial charge on any atom is -0.507 e. The van der Waals surface area contributed by atoms with E-state index in [4.69, 9.17) is 11.6 Å². The number of amides is 1. The van der Waals surface area contributed by atoms with Gasteiger partial charge in [0.15, 0.2) is 0 Å². The largest absolute Gasteiger partial charge is 0.507 e. The van der Waals surface area contributed by atoms with Gasteiger partial charge in [-0.15, -0.1) is 0 Å². The molecule has 8 nitrogen and oxygen atoms in total. The molecule has 0 bridgehead atoms. The van der Waals surface area contributed by atoms with Crippen LogP contribution in [0.25, 0.3) is 5.76 Å². The predicted octanol–water partition coefficient (Wildman–Crippen LogP) is 3.39. The van der Waals surface area contributed by atoms with Crippen molar-refractivity contribution >= 4 is 29.1 Å². The lowest BCUT2D eigenvalue weighted by Gasteiger charge is -2.25. The van der Waals surface area contributed by atoms with E-state index in [0.29, 0.717) is 47.0 Å². The number of H-pyrrole nitrogens is 1. The van der Waals surface area contributed by atoms with E-state index < -0.39 is 17.7 Å². The molecule has 1 fully saturated rings. The summed E-state index contributed by atoms with van der Waals surface area (Å²) in [6.45, 7) is 4.46. The number of likely N-dealkylation sites (tertiary alicyclic amines) is 1. The van der Waals surface area contributed by atoms with E-state index in [1.807, 2.05) is 10.8 Å². The van der Waals surface area contributed by atoms with E-state index in [0.717, 1.165) is 0 Å². The summed E-state index contributed by atoms with van der Waals surface area (Å²) in [5.41, 5.74) is 2.30. The number of aromatic amines is 1. The van der Waals surface area contributed by atoms with Gasteiger partial charge in [-0.2, -0.15) is 5.10 Å². The Kier molecular flexibility index (Phi) is 5.65. The molecule has 160 valence electrons. The van der Waals surface area contributed by atoms with Crippen LogP contribution in [-0.4, -0.2) is 48.0 Å². The van der Waals surface area contributed by atoms with Crippen molar-refractivity contribution in [2.75, 3.05) is 6.54 Å². The quantitative estimate of drug-likeness (QED) is 0.348. The molecule has 1 amide bonds. The molecule has 0 aliphatic carbocycles. The third kappa shape index (κ3) is 3.86. The minimum absolute atomic E-state index is 0.0440. The van der Waals surface area contributed by atoms with Crippen LogP contribution in [0.3, 0.4) is 0 Å². The van der Waals surface area contributed by atoms with Gasteiger partial charge in [-0.3, -0.25) is 14.7 Å². The maximum absolute atomic E-state index is 13.0. The van der Waals surface area contributed by atoms with Gasteiger partial charge in [-0.1, -0.05) is 23.7 Å². The van der Waals surface area contributed by atoms with E-state index in [2.05, 4.69) is 15.2 Å². The van der Waals surface area contributed by atoms with E-state index in [1.54, 1.807) is 50.6 Å². The molecule has 0 unspecified atom stereocenters. The second-order valence-electron chi connectivity index (χ2n) is 7.51. The summed E-state index contributed by atoms with van der Waals surface area (Å²) in [5.74, 6) is -1.59. The molecule has 1 atom stereocenters. The second-order valence-corrected chi connectivity index (χ2v) is 7.95. The summed E-state index contributed by atoms with van der Waals surface area (Å²) in [6.07, 6.45) is 5.85. The highest BCUT2D eigenvalue weighted by atomic mass is 35.5. The number of Topliss-reactive ketones (excluding diaryl/α,β-unsaturated/α-hetero) is 1.